The maximum atomic E-state index is 12.9. The van der Waals surface area contributed by atoms with Crippen LogP contribution in [0.15, 0.2) is 24.3 Å². The van der Waals surface area contributed by atoms with E-state index in [0.29, 0.717) is 30.6 Å². The van der Waals surface area contributed by atoms with Crippen LogP contribution < -0.4 is 9.64 Å². The second-order valence-corrected chi connectivity index (χ2v) is 8.89. The van der Waals surface area contributed by atoms with E-state index >= 15 is 0 Å². The summed E-state index contributed by atoms with van der Waals surface area (Å²) in [5.41, 5.74) is 0.995. The molecule has 0 atom stereocenters. The van der Waals surface area contributed by atoms with Gasteiger partial charge in [0.25, 0.3) is 0 Å². The van der Waals surface area contributed by atoms with Gasteiger partial charge in [-0.05, 0) is 49.4 Å². The zero-order chi connectivity index (χ0) is 19.9. The molecule has 28 heavy (non-hydrogen) atoms. The van der Waals surface area contributed by atoms with Gasteiger partial charge in [-0.1, -0.05) is 50.9 Å². The third kappa shape index (κ3) is 5.53. The molecule has 5 nitrogen and oxygen atoms in total. The number of amides is 1. The first-order valence-corrected chi connectivity index (χ1v) is 11.3. The number of hydrogen-bond acceptors (Lipinski definition) is 5. The normalized spacial score (nSPS) is 14.6. The predicted octanol–water partition coefficient (Wildman–Crippen LogP) is 5.56. The summed E-state index contributed by atoms with van der Waals surface area (Å²) in [6, 6.07) is 7.87. The third-order valence-corrected chi connectivity index (χ3v) is 6.14. The van der Waals surface area contributed by atoms with Crippen LogP contribution in [-0.2, 0) is 4.79 Å². The molecule has 2 aromatic rings. The van der Waals surface area contributed by atoms with E-state index in [1.54, 1.807) is 0 Å². The van der Waals surface area contributed by atoms with Crippen LogP contribution in [0.25, 0.3) is 10.6 Å². The van der Waals surface area contributed by atoms with E-state index in [2.05, 4.69) is 24.0 Å². The molecule has 0 spiro atoms. The Labute approximate surface area is 172 Å². The van der Waals surface area contributed by atoms with Gasteiger partial charge < -0.3 is 4.74 Å². The molecule has 6 heteroatoms. The van der Waals surface area contributed by atoms with Crippen LogP contribution in [0.5, 0.6) is 5.75 Å². The Morgan fingerprint density at radius 3 is 2.57 bits per heavy atom. The smallest absolute Gasteiger partial charge is 0.228 e. The van der Waals surface area contributed by atoms with Crippen LogP contribution in [0.2, 0.25) is 0 Å². The van der Waals surface area contributed by atoms with Crippen LogP contribution in [-0.4, -0.2) is 29.3 Å². The first-order valence-electron chi connectivity index (χ1n) is 10.4. The van der Waals surface area contributed by atoms with Gasteiger partial charge in [-0.3, -0.25) is 9.69 Å². The van der Waals surface area contributed by atoms with E-state index in [1.165, 1.54) is 37.0 Å². The minimum atomic E-state index is 0.176. The lowest BCUT2D eigenvalue weighted by atomic mass is 10.0. The fourth-order valence-corrected chi connectivity index (χ4v) is 4.59. The molecule has 0 aliphatic heterocycles. The lowest BCUT2D eigenvalue weighted by Crippen LogP contribution is -2.34. The number of carbonyl (C=O) groups excluding carboxylic acids is 1. The van der Waals surface area contributed by atoms with Gasteiger partial charge in [-0.25, -0.2) is 0 Å². The lowest BCUT2D eigenvalue weighted by molar-refractivity contribution is -0.119. The van der Waals surface area contributed by atoms with Crippen LogP contribution in [0.3, 0.4) is 0 Å². The van der Waals surface area contributed by atoms with Gasteiger partial charge in [0.15, 0.2) is 0 Å². The number of anilines is 1. The second-order valence-electron chi connectivity index (χ2n) is 7.93. The Morgan fingerprint density at radius 2 is 1.93 bits per heavy atom. The van der Waals surface area contributed by atoms with Gasteiger partial charge in [0.05, 0.1) is 6.61 Å². The van der Waals surface area contributed by atoms with Gasteiger partial charge in [-0.15, -0.1) is 10.2 Å². The number of benzene rings is 1. The van der Waals surface area contributed by atoms with E-state index in [9.17, 15) is 4.79 Å². The molecular formula is C22H31N3O2S. The van der Waals surface area contributed by atoms with Crippen molar-refractivity contribution >= 4 is 22.4 Å². The van der Waals surface area contributed by atoms with Crippen molar-refractivity contribution in [2.24, 2.45) is 11.8 Å². The first-order chi connectivity index (χ1) is 13.6. The number of carbonyl (C=O) groups is 1. The van der Waals surface area contributed by atoms with Crippen molar-refractivity contribution in [3.63, 3.8) is 0 Å². The van der Waals surface area contributed by atoms with Crippen molar-refractivity contribution in [1.29, 1.82) is 0 Å². The highest BCUT2D eigenvalue weighted by Crippen LogP contribution is 2.32. The Balaban J connectivity index is 1.70. The maximum absolute atomic E-state index is 12.9. The van der Waals surface area contributed by atoms with Gasteiger partial charge in [0, 0.05) is 18.5 Å². The summed E-state index contributed by atoms with van der Waals surface area (Å²) in [6.45, 7) is 7.56. The Kier molecular flexibility index (Phi) is 7.43. The van der Waals surface area contributed by atoms with Crippen molar-refractivity contribution in [3.05, 3.63) is 24.3 Å². The topological polar surface area (TPSA) is 55.3 Å². The van der Waals surface area contributed by atoms with Gasteiger partial charge in [0.2, 0.25) is 11.0 Å². The highest BCUT2D eigenvalue weighted by molar-refractivity contribution is 7.18. The molecule has 0 bridgehead atoms. The first kappa shape index (κ1) is 20.8. The van der Waals surface area contributed by atoms with Crippen LogP contribution in [0, 0.1) is 11.8 Å². The quantitative estimate of drug-likeness (QED) is 0.552. The zero-order valence-electron chi connectivity index (χ0n) is 17.2. The van der Waals surface area contributed by atoms with Gasteiger partial charge in [0.1, 0.15) is 10.8 Å². The van der Waals surface area contributed by atoms with Crippen molar-refractivity contribution in [2.45, 2.75) is 59.3 Å². The molecule has 1 aliphatic carbocycles. The molecule has 0 radical (unpaired) electrons. The van der Waals surface area contributed by atoms with Crippen LogP contribution in [0.1, 0.15) is 59.3 Å². The minimum absolute atomic E-state index is 0.176. The zero-order valence-corrected chi connectivity index (χ0v) is 18.0. The highest BCUT2D eigenvalue weighted by Gasteiger charge is 2.23. The maximum Gasteiger partial charge on any atom is 0.228 e. The Bertz CT molecular complexity index is 751. The molecular weight excluding hydrogens is 370 g/mol. The van der Waals surface area contributed by atoms with E-state index in [0.717, 1.165) is 28.7 Å². The van der Waals surface area contributed by atoms with Crippen molar-refractivity contribution in [3.8, 4) is 16.3 Å². The van der Waals surface area contributed by atoms with Crippen LogP contribution in [0.4, 0.5) is 5.13 Å². The van der Waals surface area contributed by atoms with Crippen molar-refractivity contribution in [1.82, 2.24) is 10.2 Å². The molecule has 1 aromatic carbocycles. The molecule has 1 heterocycles. The largest absolute Gasteiger partial charge is 0.494 e. The number of aromatic nitrogens is 2. The van der Waals surface area contributed by atoms with E-state index < -0.39 is 0 Å². The molecule has 0 unspecified atom stereocenters. The highest BCUT2D eigenvalue weighted by atomic mass is 32.1. The summed E-state index contributed by atoms with van der Waals surface area (Å²) in [6.07, 6.45) is 6.79. The number of rotatable bonds is 9. The average Bonchev–Trinajstić information content (AvgIpc) is 3.37. The molecule has 0 N–H and O–H groups in total. The van der Waals surface area contributed by atoms with E-state index in [-0.39, 0.29) is 5.91 Å². The fourth-order valence-electron chi connectivity index (χ4n) is 3.71. The van der Waals surface area contributed by atoms with Gasteiger partial charge >= 0.3 is 0 Å². The van der Waals surface area contributed by atoms with Gasteiger partial charge in [-0.2, -0.15) is 0 Å². The van der Waals surface area contributed by atoms with Crippen molar-refractivity contribution in [2.75, 3.05) is 18.1 Å². The number of nitrogens with zero attached hydrogens (tertiary/aromatic N) is 3. The SMILES string of the molecule is CCOc1ccc(-c2nnc(N(CC(C)C)C(=O)CCC3CCCC3)s2)cc1. The summed E-state index contributed by atoms with van der Waals surface area (Å²) >= 11 is 1.48. The average molecular weight is 402 g/mol. The summed E-state index contributed by atoms with van der Waals surface area (Å²) < 4.78 is 5.50. The summed E-state index contributed by atoms with van der Waals surface area (Å²) in [5, 5.41) is 10.2. The second kappa shape index (κ2) is 10.0. The molecule has 1 saturated carbocycles. The molecule has 1 fully saturated rings. The summed E-state index contributed by atoms with van der Waals surface area (Å²) in [5.74, 6) is 2.13. The summed E-state index contributed by atoms with van der Waals surface area (Å²) in [4.78, 5) is 14.8. The number of hydrogen-bond donors (Lipinski definition) is 0. The van der Waals surface area contributed by atoms with Crippen LogP contribution >= 0.6 is 11.3 Å². The Hall–Kier alpha value is -1.95. The number of ether oxygens (including phenoxy) is 1. The van der Waals surface area contributed by atoms with E-state index in [1.807, 2.05) is 36.1 Å². The molecule has 0 saturated heterocycles. The molecule has 152 valence electrons. The minimum Gasteiger partial charge on any atom is -0.494 e. The fraction of sp³-hybridized carbons (Fsp3) is 0.591. The lowest BCUT2D eigenvalue weighted by Gasteiger charge is -2.22. The third-order valence-electron chi connectivity index (χ3n) is 5.15. The molecule has 3 rings (SSSR count). The molecule has 1 amide bonds. The molecule has 1 aliphatic rings. The Morgan fingerprint density at radius 1 is 1.21 bits per heavy atom. The predicted molar refractivity (Wildman–Crippen MR) is 115 cm³/mol. The van der Waals surface area contributed by atoms with E-state index in [4.69, 9.17) is 4.74 Å². The monoisotopic (exact) mass is 401 g/mol. The summed E-state index contributed by atoms with van der Waals surface area (Å²) in [7, 11) is 0. The standard InChI is InChI=1S/C22H31N3O2S/c1-4-27-19-12-10-18(11-13-19)21-23-24-22(28-21)25(15-16(2)3)20(26)14-9-17-7-5-6-8-17/h10-13,16-17H,4-9,14-15H2,1-3H3. The molecule has 1 aromatic heterocycles. The van der Waals surface area contributed by atoms with Crippen molar-refractivity contribution < 1.29 is 9.53 Å².